The van der Waals surface area contributed by atoms with Gasteiger partial charge in [-0.25, -0.2) is 0 Å². The first-order chi connectivity index (χ1) is 4.91. The molecule has 10 heavy (non-hydrogen) atoms. The van der Waals surface area contributed by atoms with Crippen molar-refractivity contribution in [3.05, 3.63) is 11.9 Å². The van der Waals surface area contributed by atoms with Gasteiger partial charge in [-0.15, -0.1) is 9.24 Å². The van der Waals surface area contributed by atoms with Crippen LogP contribution in [0.5, 0.6) is 0 Å². The molecule has 0 aromatic rings. The maximum absolute atomic E-state index is 2.95. The lowest BCUT2D eigenvalue weighted by Crippen LogP contribution is -1.75. The molecule has 0 saturated carbocycles. The number of hydrogen-bond acceptors (Lipinski definition) is 0. The molecule has 0 heterocycles. The standard InChI is InChI=1S/C9H18P/c1-2-3-4-5-6-7-8-9-10/h8H,2-7,10H2,1H3. The molecule has 0 spiro atoms. The predicted octanol–water partition coefficient (Wildman–Crippen LogP) is 3.54. The molecule has 0 nitrogen and oxygen atoms in total. The Morgan fingerprint density at radius 2 is 1.90 bits per heavy atom. The highest BCUT2D eigenvalue weighted by molar-refractivity contribution is 7.18. The summed E-state index contributed by atoms with van der Waals surface area (Å²) in [7, 11) is 2.48. The average molecular weight is 157 g/mol. The molecule has 0 aromatic carbocycles. The zero-order valence-corrected chi connectivity index (χ0v) is 8.05. The molecule has 0 saturated heterocycles. The first-order valence-corrected chi connectivity index (χ1v) is 4.77. The molecule has 0 N–H and O–H groups in total. The van der Waals surface area contributed by atoms with Crippen LogP contribution in [0.1, 0.15) is 45.4 Å². The van der Waals surface area contributed by atoms with Crippen LogP contribution < -0.4 is 0 Å². The normalized spacial score (nSPS) is 11.0. The molecule has 0 rings (SSSR count). The van der Waals surface area contributed by atoms with Crippen molar-refractivity contribution in [2.45, 2.75) is 45.4 Å². The van der Waals surface area contributed by atoms with Crippen molar-refractivity contribution in [3.63, 3.8) is 0 Å². The highest BCUT2D eigenvalue weighted by Crippen LogP contribution is 2.05. The quantitative estimate of drug-likeness (QED) is 0.408. The summed E-state index contributed by atoms with van der Waals surface area (Å²) in [5, 5.41) is 0. The van der Waals surface area contributed by atoms with Crippen molar-refractivity contribution >= 4 is 9.24 Å². The van der Waals surface area contributed by atoms with Crippen molar-refractivity contribution in [2.24, 2.45) is 0 Å². The van der Waals surface area contributed by atoms with Gasteiger partial charge in [0.15, 0.2) is 0 Å². The van der Waals surface area contributed by atoms with Crippen LogP contribution >= 0.6 is 9.24 Å². The number of hydrogen-bond donors (Lipinski definition) is 0. The third-order valence-corrected chi connectivity index (χ3v) is 1.81. The van der Waals surface area contributed by atoms with E-state index in [1.807, 2.05) is 0 Å². The van der Waals surface area contributed by atoms with E-state index < -0.39 is 0 Å². The minimum absolute atomic E-state index is 1.20. The maximum Gasteiger partial charge on any atom is -0.0274 e. The monoisotopic (exact) mass is 157 g/mol. The fourth-order valence-electron chi connectivity index (χ4n) is 0.933. The summed E-state index contributed by atoms with van der Waals surface area (Å²) in [6.45, 7) is 2.25. The lowest BCUT2D eigenvalue weighted by atomic mass is 10.1. The average Bonchev–Trinajstić information content (AvgIpc) is 1.97. The molecule has 0 amide bonds. The third-order valence-electron chi connectivity index (χ3n) is 1.57. The molecule has 0 aliphatic rings. The summed E-state index contributed by atoms with van der Waals surface area (Å²) in [6, 6.07) is 0. The first-order valence-electron chi connectivity index (χ1n) is 4.19. The van der Waals surface area contributed by atoms with E-state index in [2.05, 4.69) is 28.1 Å². The molecule has 1 atom stereocenters. The summed E-state index contributed by atoms with van der Waals surface area (Å²) >= 11 is 0. The lowest BCUT2D eigenvalue weighted by molar-refractivity contribution is 0.637. The van der Waals surface area contributed by atoms with Crippen LogP contribution in [-0.4, -0.2) is 0 Å². The van der Waals surface area contributed by atoms with Gasteiger partial charge in [-0.2, -0.15) is 0 Å². The van der Waals surface area contributed by atoms with Gasteiger partial charge < -0.3 is 0 Å². The van der Waals surface area contributed by atoms with Crippen molar-refractivity contribution in [1.29, 1.82) is 0 Å². The minimum atomic E-state index is 1.20. The molecular formula is C9H18P. The largest absolute Gasteiger partial charge is 0.105 e. The van der Waals surface area contributed by atoms with Gasteiger partial charge >= 0.3 is 0 Å². The Kier molecular flexibility index (Phi) is 9.33. The Bertz CT molecular complexity index is 76.8. The second-order valence-electron chi connectivity index (χ2n) is 2.57. The van der Waals surface area contributed by atoms with E-state index in [0.29, 0.717) is 0 Å². The summed E-state index contributed by atoms with van der Waals surface area (Å²) in [5.41, 5.74) is 0. The van der Waals surface area contributed by atoms with Crippen LogP contribution in [-0.2, 0) is 0 Å². The van der Waals surface area contributed by atoms with Crippen LogP contribution in [0.4, 0.5) is 0 Å². The second kappa shape index (κ2) is 9.17. The van der Waals surface area contributed by atoms with E-state index in [1.54, 1.807) is 0 Å². The van der Waals surface area contributed by atoms with Gasteiger partial charge in [0.2, 0.25) is 0 Å². The van der Waals surface area contributed by atoms with Gasteiger partial charge in [-0.05, 0) is 18.7 Å². The molecule has 0 bridgehead atoms. The van der Waals surface area contributed by atoms with Crippen LogP contribution in [0, 0.1) is 5.82 Å². The number of unbranched alkanes of at least 4 members (excludes halogenated alkanes) is 5. The Hall–Kier alpha value is 0.170. The maximum atomic E-state index is 2.95. The van der Waals surface area contributed by atoms with E-state index in [4.69, 9.17) is 0 Å². The van der Waals surface area contributed by atoms with Gasteiger partial charge in [-0.1, -0.05) is 38.7 Å². The summed E-state index contributed by atoms with van der Waals surface area (Å²) in [4.78, 5) is 0. The van der Waals surface area contributed by atoms with Crippen molar-refractivity contribution in [1.82, 2.24) is 0 Å². The topological polar surface area (TPSA) is 0 Å². The minimum Gasteiger partial charge on any atom is -0.105 e. The van der Waals surface area contributed by atoms with Crippen molar-refractivity contribution < 1.29 is 0 Å². The molecule has 1 radical (unpaired) electrons. The molecule has 1 unspecified atom stereocenters. The molecule has 0 aromatic heterocycles. The number of allylic oxidation sites excluding steroid dienone is 1. The summed E-state index contributed by atoms with van der Waals surface area (Å²) in [5.74, 6) is 2.95. The molecule has 0 aliphatic heterocycles. The fraction of sp³-hybridized carbons (Fsp3) is 0.778. The van der Waals surface area contributed by atoms with Gasteiger partial charge in [-0.3, -0.25) is 0 Å². The zero-order chi connectivity index (χ0) is 7.66. The van der Waals surface area contributed by atoms with Gasteiger partial charge in [0, 0.05) is 0 Å². The third kappa shape index (κ3) is 8.17. The van der Waals surface area contributed by atoms with Crippen LogP contribution in [0.3, 0.4) is 0 Å². The van der Waals surface area contributed by atoms with Crippen LogP contribution in [0.25, 0.3) is 0 Å². The van der Waals surface area contributed by atoms with Gasteiger partial charge in [0.05, 0.1) is 0 Å². The Morgan fingerprint density at radius 3 is 2.50 bits per heavy atom. The Labute approximate surface area is 67.3 Å². The van der Waals surface area contributed by atoms with Gasteiger partial charge in [0.1, 0.15) is 0 Å². The molecule has 0 aliphatic carbocycles. The fourth-order valence-corrected chi connectivity index (χ4v) is 1.10. The van der Waals surface area contributed by atoms with E-state index in [9.17, 15) is 0 Å². The molecule has 1 heteroatoms. The van der Waals surface area contributed by atoms with Gasteiger partial charge in [0.25, 0.3) is 0 Å². The van der Waals surface area contributed by atoms with Crippen LogP contribution in [0.15, 0.2) is 6.08 Å². The van der Waals surface area contributed by atoms with E-state index in [-0.39, 0.29) is 0 Å². The van der Waals surface area contributed by atoms with E-state index in [1.165, 1.54) is 38.5 Å². The molecule has 0 fully saturated rings. The van der Waals surface area contributed by atoms with E-state index in [0.717, 1.165) is 0 Å². The van der Waals surface area contributed by atoms with Crippen molar-refractivity contribution in [2.75, 3.05) is 0 Å². The smallest absolute Gasteiger partial charge is 0.0274 e. The zero-order valence-electron chi connectivity index (χ0n) is 6.90. The summed E-state index contributed by atoms with van der Waals surface area (Å²) in [6.07, 6.45) is 10.2. The Balaban J connectivity index is 2.77. The molecule has 59 valence electrons. The van der Waals surface area contributed by atoms with Crippen LogP contribution in [0.2, 0.25) is 0 Å². The highest BCUT2D eigenvalue weighted by atomic mass is 31.0. The van der Waals surface area contributed by atoms with E-state index >= 15 is 0 Å². The summed E-state index contributed by atoms with van der Waals surface area (Å²) < 4.78 is 0. The first kappa shape index (κ1) is 10.2. The highest BCUT2D eigenvalue weighted by Gasteiger charge is 1.85. The second-order valence-corrected chi connectivity index (χ2v) is 2.91. The lowest BCUT2D eigenvalue weighted by Gasteiger charge is -1.94. The molecular weight excluding hydrogens is 139 g/mol. The van der Waals surface area contributed by atoms with Crippen molar-refractivity contribution in [3.8, 4) is 0 Å². The Morgan fingerprint density at radius 1 is 1.20 bits per heavy atom. The SMILES string of the molecule is CCCCCCCC=[C]P. The predicted molar refractivity (Wildman–Crippen MR) is 50.9 cm³/mol. The number of rotatable bonds is 6.